The third kappa shape index (κ3) is 2.85. The van der Waals surface area contributed by atoms with Crippen LogP contribution in [0.2, 0.25) is 0 Å². The molecule has 0 atom stereocenters. The summed E-state index contributed by atoms with van der Waals surface area (Å²) >= 11 is 3.35. The zero-order valence-corrected chi connectivity index (χ0v) is 9.80. The quantitative estimate of drug-likeness (QED) is 0.772. The first-order valence-corrected chi connectivity index (χ1v) is 5.04. The standard InChI is InChI=1S/C9H14BrN3O/c1-9(2,5-14)13-7-3-8(11)12-4-6(7)10/h3-4,14H,5H2,1-2H3,(H3,11,12,13). The Bertz CT molecular complexity index is 328. The van der Waals surface area contributed by atoms with E-state index in [2.05, 4.69) is 26.2 Å². The molecule has 0 aliphatic carbocycles. The Balaban J connectivity index is 2.91. The molecule has 5 heteroatoms. The van der Waals surface area contributed by atoms with E-state index in [0.717, 1.165) is 10.2 Å². The van der Waals surface area contributed by atoms with Gasteiger partial charge in [-0.2, -0.15) is 0 Å². The van der Waals surface area contributed by atoms with Gasteiger partial charge < -0.3 is 16.2 Å². The lowest BCUT2D eigenvalue weighted by Gasteiger charge is -2.25. The van der Waals surface area contributed by atoms with E-state index in [1.54, 1.807) is 12.3 Å². The molecule has 0 fully saturated rings. The fourth-order valence-corrected chi connectivity index (χ4v) is 1.27. The van der Waals surface area contributed by atoms with E-state index in [-0.39, 0.29) is 12.1 Å². The van der Waals surface area contributed by atoms with Crippen LogP contribution in [0.1, 0.15) is 13.8 Å². The molecule has 0 aliphatic rings. The smallest absolute Gasteiger partial charge is 0.125 e. The number of rotatable bonds is 3. The molecule has 4 N–H and O–H groups in total. The first-order valence-electron chi connectivity index (χ1n) is 4.25. The van der Waals surface area contributed by atoms with E-state index in [1.807, 2.05) is 13.8 Å². The van der Waals surface area contributed by atoms with Gasteiger partial charge in [-0.1, -0.05) is 0 Å². The van der Waals surface area contributed by atoms with Crippen LogP contribution in [0.3, 0.4) is 0 Å². The van der Waals surface area contributed by atoms with Gasteiger partial charge in [0.1, 0.15) is 5.82 Å². The fourth-order valence-electron chi connectivity index (χ4n) is 0.955. The maximum Gasteiger partial charge on any atom is 0.125 e. The van der Waals surface area contributed by atoms with Crippen LogP contribution in [-0.4, -0.2) is 22.2 Å². The van der Waals surface area contributed by atoms with Gasteiger partial charge in [-0.15, -0.1) is 0 Å². The molecular formula is C9H14BrN3O. The van der Waals surface area contributed by atoms with E-state index in [1.165, 1.54) is 0 Å². The SMILES string of the molecule is CC(C)(CO)Nc1cc(N)ncc1Br. The predicted octanol–water partition coefficient (Wildman–Crippen LogP) is 1.61. The van der Waals surface area contributed by atoms with Crippen molar-refractivity contribution in [3.8, 4) is 0 Å². The minimum absolute atomic E-state index is 0.0433. The highest BCUT2D eigenvalue weighted by atomic mass is 79.9. The molecule has 78 valence electrons. The monoisotopic (exact) mass is 259 g/mol. The molecule has 0 unspecified atom stereocenters. The van der Waals surface area contributed by atoms with Crippen LogP contribution in [0, 0.1) is 0 Å². The Kier molecular flexibility index (Phi) is 3.34. The van der Waals surface area contributed by atoms with Crippen molar-refractivity contribution < 1.29 is 5.11 Å². The lowest BCUT2D eigenvalue weighted by Crippen LogP contribution is -2.35. The van der Waals surface area contributed by atoms with E-state index < -0.39 is 0 Å². The highest BCUT2D eigenvalue weighted by Crippen LogP contribution is 2.25. The normalized spacial score (nSPS) is 11.4. The summed E-state index contributed by atoms with van der Waals surface area (Å²) in [6, 6.07) is 1.72. The summed E-state index contributed by atoms with van der Waals surface area (Å²) in [5.74, 6) is 0.449. The zero-order chi connectivity index (χ0) is 10.8. The number of aliphatic hydroxyl groups is 1. The van der Waals surface area contributed by atoms with Crippen molar-refractivity contribution in [2.75, 3.05) is 17.7 Å². The molecule has 14 heavy (non-hydrogen) atoms. The van der Waals surface area contributed by atoms with Crippen molar-refractivity contribution in [1.82, 2.24) is 4.98 Å². The Hall–Kier alpha value is -0.810. The second-order valence-corrected chi connectivity index (χ2v) is 4.61. The lowest BCUT2D eigenvalue weighted by molar-refractivity contribution is 0.234. The summed E-state index contributed by atoms with van der Waals surface area (Å²) in [6.07, 6.45) is 1.63. The summed E-state index contributed by atoms with van der Waals surface area (Å²) < 4.78 is 0.827. The van der Waals surface area contributed by atoms with Crippen LogP contribution in [0.15, 0.2) is 16.7 Å². The average Bonchev–Trinajstić information content (AvgIpc) is 2.11. The summed E-state index contributed by atoms with van der Waals surface area (Å²) in [7, 11) is 0. The molecule has 1 aromatic rings. The molecule has 1 rings (SSSR count). The fraction of sp³-hybridized carbons (Fsp3) is 0.444. The summed E-state index contributed by atoms with van der Waals surface area (Å²) in [5.41, 5.74) is 6.00. The van der Waals surface area contributed by atoms with Gasteiger partial charge in [0.05, 0.1) is 22.3 Å². The molecule has 1 heterocycles. The number of nitrogens with one attached hydrogen (secondary N) is 1. The number of hydrogen-bond acceptors (Lipinski definition) is 4. The van der Waals surface area contributed by atoms with Crippen LogP contribution in [0.25, 0.3) is 0 Å². The van der Waals surface area contributed by atoms with Crippen LogP contribution in [0.4, 0.5) is 11.5 Å². The minimum Gasteiger partial charge on any atom is -0.394 e. The number of hydrogen-bond donors (Lipinski definition) is 3. The largest absolute Gasteiger partial charge is 0.394 e. The molecule has 0 radical (unpaired) electrons. The number of pyridine rings is 1. The third-order valence-corrected chi connectivity index (χ3v) is 2.38. The van der Waals surface area contributed by atoms with Gasteiger partial charge in [0.25, 0.3) is 0 Å². The van der Waals surface area contributed by atoms with Gasteiger partial charge in [0, 0.05) is 12.3 Å². The van der Waals surface area contributed by atoms with Crippen LogP contribution >= 0.6 is 15.9 Å². The molecule has 1 aromatic heterocycles. The van der Waals surface area contributed by atoms with Crippen LogP contribution in [-0.2, 0) is 0 Å². The number of nitrogens with zero attached hydrogens (tertiary/aromatic N) is 1. The Morgan fingerprint density at radius 2 is 2.29 bits per heavy atom. The zero-order valence-electron chi connectivity index (χ0n) is 8.21. The summed E-state index contributed by atoms with van der Waals surface area (Å²) in [4.78, 5) is 3.92. The number of halogens is 1. The molecule has 4 nitrogen and oxygen atoms in total. The van der Waals surface area contributed by atoms with Gasteiger partial charge in [-0.25, -0.2) is 4.98 Å². The number of nitrogen functional groups attached to an aromatic ring is 1. The van der Waals surface area contributed by atoms with Crippen LogP contribution < -0.4 is 11.1 Å². The number of aliphatic hydroxyl groups excluding tert-OH is 1. The maximum absolute atomic E-state index is 9.09. The van der Waals surface area contributed by atoms with E-state index >= 15 is 0 Å². The molecular weight excluding hydrogens is 246 g/mol. The highest BCUT2D eigenvalue weighted by Gasteiger charge is 2.17. The molecule has 0 bridgehead atoms. The highest BCUT2D eigenvalue weighted by molar-refractivity contribution is 9.10. The van der Waals surface area contributed by atoms with Crippen molar-refractivity contribution in [2.45, 2.75) is 19.4 Å². The first kappa shape index (κ1) is 11.3. The number of anilines is 2. The minimum atomic E-state index is -0.379. The van der Waals surface area contributed by atoms with Gasteiger partial charge in [0.2, 0.25) is 0 Å². The predicted molar refractivity (Wildman–Crippen MR) is 61.1 cm³/mol. The van der Waals surface area contributed by atoms with Crippen molar-refractivity contribution in [3.63, 3.8) is 0 Å². The van der Waals surface area contributed by atoms with Crippen molar-refractivity contribution >= 4 is 27.4 Å². The number of nitrogens with two attached hydrogens (primary N) is 1. The van der Waals surface area contributed by atoms with Gasteiger partial charge in [-0.05, 0) is 29.8 Å². The lowest BCUT2D eigenvalue weighted by atomic mass is 10.1. The van der Waals surface area contributed by atoms with Gasteiger partial charge >= 0.3 is 0 Å². The van der Waals surface area contributed by atoms with E-state index in [4.69, 9.17) is 10.8 Å². The van der Waals surface area contributed by atoms with Crippen molar-refractivity contribution in [2.24, 2.45) is 0 Å². The Morgan fingerprint density at radius 1 is 1.64 bits per heavy atom. The molecule has 0 amide bonds. The maximum atomic E-state index is 9.09. The first-order chi connectivity index (χ1) is 6.44. The molecule has 0 aromatic carbocycles. The Labute approximate surface area is 91.7 Å². The molecule has 0 aliphatic heterocycles. The van der Waals surface area contributed by atoms with E-state index in [0.29, 0.717) is 5.82 Å². The van der Waals surface area contributed by atoms with Gasteiger partial charge in [-0.3, -0.25) is 0 Å². The second kappa shape index (κ2) is 4.14. The van der Waals surface area contributed by atoms with E-state index in [9.17, 15) is 0 Å². The summed E-state index contributed by atoms with van der Waals surface area (Å²) in [6.45, 7) is 3.84. The van der Waals surface area contributed by atoms with Crippen molar-refractivity contribution in [3.05, 3.63) is 16.7 Å². The molecule has 0 saturated heterocycles. The van der Waals surface area contributed by atoms with Gasteiger partial charge in [0.15, 0.2) is 0 Å². The topological polar surface area (TPSA) is 71.2 Å². The molecule has 0 saturated carbocycles. The summed E-state index contributed by atoms with van der Waals surface area (Å²) in [5, 5.41) is 12.3. The third-order valence-electron chi connectivity index (χ3n) is 1.74. The molecule has 0 spiro atoms. The second-order valence-electron chi connectivity index (χ2n) is 3.76. The van der Waals surface area contributed by atoms with Crippen LogP contribution in [0.5, 0.6) is 0 Å². The Morgan fingerprint density at radius 3 is 2.86 bits per heavy atom. The average molecular weight is 260 g/mol. The number of aromatic nitrogens is 1. The van der Waals surface area contributed by atoms with Crippen molar-refractivity contribution in [1.29, 1.82) is 0 Å².